The highest BCUT2D eigenvalue weighted by atomic mass is 32.1. The summed E-state index contributed by atoms with van der Waals surface area (Å²) < 4.78 is 15.2. The molecule has 0 saturated carbocycles. The summed E-state index contributed by atoms with van der Waals surface area (Å²) in [5.74, 6) is 0.913. The van der Waals surface area contributed by atoms with E-state index in [1.165, 1.54) is 36.9 Å². The first kappa shape index (κ1) is 33.1. The molecule has 0 amide bonds. The number of nitrogens with zero attached hydrogens (tertiary/aromatic N) is 2. The van der Waals surface area contributed by atoms with Crippen molar-refractivity contribution in [2.75, 3.05) is 0 Å². The number of hydrogen-bond donors (Lipinski definition) is 1. The first-order valence-electron chi connectivity index (χ1n) is 19.0. The molecule has 0 atom stereocenters. The molecule has 0 aliphatic heterocycles. The lowest BCUT2D eigenvalue weighted by Crippen LogP contribution is -2.16. The maximum Gasteiger partial charge on any atom is 0.157 e. The molecular formula is C51H33N3O2S. The number of amidine groups is 2. The molecule has 3 heterocycles. The van der Waals surface area contributed by atoms with Crippen LogP contribution in [0.2, 0.25) is 0 Å². The lowest BCUT2D eigenvalue weighted by Gasteiger charge is -2.10. The van der Waals surface area contributed by atoms with Crippen LogP contribution in [0.4, 0.5) is 0 Å². The van der Waals surface area contributed by atoms with Crippen molar-refractivity contribution >= 4 is 87.1 Å². The van der Waals surface area contributed by atoms with E-state index >= 15 is 0 Å². The zero-order chi connectivity index (χ0) is 37.9. The van der Waals surface area contributed by atoms with Crippen LogP contribution in [0, 0.1) is 0 Å². The second-order valence-electron chi connectivity index (χ2n) is 14.2. The van der Waals surface area contributed by atoms with Gasteiger partial charge in [-0.1, -0.05) is 133 Å². The normalized spacial score (nSPS) is 12.6. The molecule has 0 aliphatic carbocycles. The molecule has 0 unspecified atom stereocenters. The molecular weight excluding hydrogens is 719 g/mol. The van der Waals surface area contributed by atoms with Crippen LogP contribution in [0.3, 0.4) is 0 Å². The third-order valence-electron chi connectivity index (χ3n) is 10.8. The van der Waals surface area contributed by atoms with Crippen LogP contribution in [0.15, 0.2) is 195 Å². The fraction of sp³-hybridized carbons (Fsp3) is 0.0196. The molecule has 0 spiro atoms. The molecule has 3 aromatic heterocycles. The van der Waals surface area contributed by atoms with Gasteiger partial charge in [-0.3, -0.25) is 4.99 Å². The van der Waals surface area contributed by atoms with Crippen molar-refractivity contribution in [3.8, 4) is 22.3 Å². The minimum Gasteiger partial charge on any atom is -0.456 e. The highest BCUT2D eigenvalue weighted by molar-refractivity contribution is 7.26. The molecule has 2 N–H and O–H groups in total. The van der Waals surface area contributed by atoms with E-state index in [4.69, 9.17) is 24.6 Å². The van der Waals surface area contributed by atoms with Crippen molar-refractivity contribution in [3.63, 3.8) is 0 Å². The van der Waals surface area contributed by atoms with E-state index in [1.54, 1.807) is 0 Å². The van der Waals surface area contributed by atoms with Gasteiger partial charge in [-0.15, -0.1) is 11.3 Å². The number of thiophene rings is 1. The summed E-state index contributed by atoms with van der Waals surface area (Å²) in [7, 11) is 0. The van der Waals surface area contributed by atoms with Gasteiger partial charge in [0.15, 0.2) is 5.84 Å². The number of nitrogens with two attached hydrogens (primary N) is 1. The van der Waals surface area contributed by atoms with Crippen LogP contribution in [0.1, 0.15) is 16.7 Å². The maximum absolute atomic E-state index is 6.73. The Balaban J connectivity index is 1.02. The van der Waals surface area contributed by atoms with Crippen LogP contribution in [-0.4, -0.2) is 11.7 Å². The Bertz CT molecular complexity index is 3390. The van der Waals surface area contributed by atoms with Gasteiger partial charge in [-0.2, -0.15) is 0 Å². The zero-order valence-corrected chi connectivity index (χ0v) is 31.5. The number of benzene rings is 8. The number of fused-ring (bicyclic) bond motifs is 9. The minimum absolute atomic E-state index is 0.363. The first-order chi connectivity index (χ1) is 28.2. The molecule has 5 nitrogen and oxygen atoms in total. The van der Waals surface area contributed by atoms with Gasteiger partial charge in [0, 0.05) is 52.8 Å². The number of para-hydroxylation sites is 1. The molecule has 0 bridgehead atoms. The van der Waals surface area contributed by atoms with Crippen molar-refractivity contribution in [3.05, 3.63) is 193 Å². The van der Waals surface area contributed by atoms with Crippen molar-refractivity contribution in [2.24, 2.45) is 15.7 Å². The van der Waals surface area contributed by atoms with E-state index < -0.39 is 0 Å². The Hall–Kier alpha value is -7.28. The van der Waals surface area contributed by atoms with Gasteiger partial charge in [0.05, 0.1) is 6.54 Å². The van der Waals surface area contributed by atoms with Gasteiger partial charge >= 0.3 is 0 Å². The smallest absolute Gasteiger partial charge is 0.157 e. The molecule has 270 valence electrons. The summed E-state index contributed by atoms with van der Waals surface area (Å²) >= 11 is 1.86. The fourth-order valence-electron chi connectivity index (χ4n) is 8.12. The summed E-state index contributed by atoms with van der Waals surface area (Å²) in [6.07, 6.45) is 0. The van der Waals surface area contributed by atoms with E-state index in [9.17, 15) is 0 Å². The third kappa shape index (κ3) is 5.69. The molecule has 0 radical (unpaired) electrons. The second-order valence-corrected chi connectivity index (χ2v) is 15.3. The van der Waals surface area contributed by atoms with Crippen molar-refractivity contribution in [1.29, 1.82) is 0 Å². The Labute approximate surface area is 331 Å². The number of aliphatic imine (C=N–C) groups is 2. The average molecular weight is 752 g/mol. The number of furan rings is 2. The summed E-state index contributed by atoms with van der Waals surface area (Å²) in [6.45, 7) is 0.380. The highest BCUT2D eigenvalue weighted by Crippen LogP contribution is 2.46. The predicted octanol–water partition coefficient (Wildman–Crippen LogP) is 13.5. The van der Waals surface area contributed by atoms with Crippen molar-refractivity contribution in [1.82, 2.24) is 0 Å². The Morgan fingerprint density at radius 2 is 1.19 bits per heavy atom. The molecule has 6 heteroatoms. The largest absolute Gasteiger partial charge is 0.456 e. The van der Waals surface area contributed by atoms with E-state index in [2.05, 4.69) is 97.1 Å². The lowest BCUT2D eigenvalue weighted by molar-refractivity contribution is 0.668. The third-order valence-corrected chi connectivity index (χ3v) is 12.0. The summed E-state index contributed by atoms with van der Waals surface area (Å²) in [5, 5.41) is 6.75. The number of hydrogen-bond acceptors (Lipinski definition) is 4. The van der Waals surface area contributed by atoms with E-state index in [-0.39, 0.29) is 0 Å². The van der Waals surface area contributed by atoms with Gasteiger partial charge in [0.25, 0.3) is 0 Å². The highest BCUT2D eigenvalue weighted by Gasteiger charge is 2.18. The topological polar surface area (TPSA) is 77.0 Å². The average Bonchev–Trinajstić information content (AvgIpc) is 3.96. The fourth-order valence-corrected chi connectivity index (χ4v) is 9.38. The lowest BCUT2D eigenvalue weighted by atomic mass is 9.94. The van der Waals surface area contributed by atoms with E-state index in [0.717, 1.165) is 66.1 Å². The van der Waals surface area contributed by atoms with Crippen molar-refractivity contribution in [2.45, 2.75) is 6.54 Å². The predicted molar refractivity (Wildman–Crippen MR) is 239 cm³/mol. The van der Waals surface area contributed by atoms with Crippen LogP contribution in [-0.2, 0) is 6.54 Å². The van der Waals surface area contributed by atoms with E-state index in [0.29, 0.717) is 18.2 Å². The molecule has 8 aromatic carbocycles. The molecule has 0 saturated heterocycles. The molecule has 57 heavy (non-hydrogen) atoms. The second kappa shape index (κ2) is 13.5. The Morgan fingerprint density at radius 3 is 2.07 bits per heavy atom. The van der Waals surface area contributed by atoms with Gasteiger partial charge in [0.2, 0.25) is 0 Å². The monoisotopic (exact) mass is 751 g/mol. The SMILES string of the molecule is NC(=NC(=NCc1cccc2oc3ccc(-c4ccc(-c5ccccc5)c5sc6ccccc6c45)cc3c12)c1ccccc1)c1ccc2c(c1)oc1ccccc12. The van der Waals surface area contributed by atoms with E-state index in [1.807, 2.05) is 90.2 Å². The number of rotatable bonds is 6. The van der Waals surface area contributed by atoms with Gasteiger partial charge in [-0.25, -0.2) is 4.99 Å². The van der Waals surface area contributed by atoms with Crippen LogP contribution in [0.25, 0.3) is 86.3 Å². The van der Waals surface area contributed by atoms with Gasteiger partial charge in [-0.05, 0) is 70.3 Å². The molecule has 0 aliphatic rings. The Kier molecular flexibility index (Phi) is 7.83. The Morgan fingerprint density at radius 1 is 0.491 bits per heavy atom. The van der Waals surface area contributed by atoms with Crippen molar-refractivity contribution < 1.29 is 8.83 Å². The molecule has 11 aromatic rings. The van der Waals surface area contributed by atoms with Crippen LogP contribution in [0.5, 0.6) is 0 Å². The zero-order valence-electron chi connectivity index (χ0n) is 30.6. The molecule has 11 rings (SSSR count). The van der Waals surface area contributed by atoms with Gasteiger partial charge in [0.1, 0.15) is 28.2 Å². The maximum atomic E-state index is 6.73. The molecule has 0 fully saturated rings. The minimum atomic E-state index is 0.363. The summed E-state index contributed by atoms with van der Waals surface area (Å²) in [4.78, 5) is 10.1. The summed E-state index contributed by atoms with van der Waals surface area (Å²) in [5.41, 5.74) is 17.5. The summed E-state index contributed by atoms with van der Waals surface area (Å²) in [6, 6.07) is 60.7. The van der Waals surface area contributed by atoms with Gasteiger partial charge < -0.3 is 14.6 Å². The first-order valence-corrected chi connectivity index (χ1v) is 19.8. The quantitative estimate of drug-likeness (QED) is 0.136. The van der Waals surface area contributed by atoms with Crippen LogP contribution < -0.4 is 5.73 Å². The van der Waals surface area contributed by atoms with Crippen LogP contribution >= 0.6 is 11.3 Å². The standard InChI is InChI=1S/C51H33N3O2S/c52-50(34-22-24-39-38-17-7-9-19-42(38)56-45(39)29-34)54-51(32-14-5-2-6-15-32)53-30-35-16-11-20-44-47(35)41-28-33(23-27-43(41)55-44)36-25-26-37(31-12-3-1-4-13-31)49-48(36)40-18-8-10-21-46(40)57-49/h1-29H,30H2,(H2,52,53,54).